The molecule has 0 radical (unpaired) electrons. The highest BCUT2D eigenvalue weighted by atomic mass is 35.5. The molecular weight excluding hydrogens is 366 g/mol. The highest BCUT2D eigenvalue weighted by molar-refractivity contribution is 6.30. The number of ether oxygens (including phenoxy) is 2. The molecule has 27 heavy (non-hydrogen) atoms. The van der Waals surface area contributed by atoms with Gasteiger partial charge in [0.2, 0.25) is 0 Å². The molecule has 0 fully saturated rings. The number of benzene rings is 2. The van der Waals surface area contributed by atoms with Crippen LogP contribution in [0.5, 0.6) is 11.5 Å². The molecular formula is C20H20ClN3O3. The Labute approximate surface area is 162 Å². The third kappa shape index (κ3) is 4.08. The molecule has 1 aromatic heterocycles. The largest absolute Gasteiger partial charge is 0.486 e. The van der Waals surface area contributed by atoms with Crippen LogP contribution in [0.25, 0.3) is 11.3 Å². The lowest BCUT2D eigenvalue weighted by Gasteiger charge is -2.19. The lowest BCUT2D eigenvalue weighted by atomic mass is 10.1. The molecule has 1 atom stereocenters. The van der Waals surface area contributed by atoms with Crippen LogP contribution in [-0.4, -0.2) is 35.1 Å². The van der Waals surface area contributed by atoms with Crippen LogP contribution in [-0.2, 0) is 6.54 Å². The fraction of sp³-hybridized carbons (Fsp3) is 0.250. The molecule has 0 saturated heterocycles. The second kappa shape index (κ2) is 8.00. The fourth-order valence-electron chi connectivity index (χ4n) is 3.04. The van der Waals surface area contributed by atoms with Gasteiger partial charge in [-0.1, -0.05) is 23.7 Å². The van der Waals surface area contributed by atoms with Crippen molar-refractivity contribution in [2.75, 3.05) is 19.8 Å². The smallest absolute Gasteiger partial charge is 0.162 e. The van der Waals surface area contributed by atoms with E-state index in [1.54, 1.807) is 18.3 Å². The molecule has 1 aliphatic heterocycles. The molecule has 0 amide bonds. The first-order valence-electron chi connectivity index (χ1n) is 8.77. The van der Waals surface area contributed by atoms with Gasteiger partial charge in [0.25, 0.3) is 0 Å². The lowest BCUT2D eigenvalue weighted by Crippen LogP contribution is -2.21. The Bertz CT molecular complexity index is 911. The van der Waals surface area contributed by atoms with Crippen LogP contribution >= 0.6 is 11.6 Å². The minimum Gasteiger partial charge on any atom is -0.486 e. The summed E-state index contributed by atoms with van der Waals surface area (Å²) < 4.78 is 11.2. The number of fused-ring (bicyclic) bond motifs is 1. The van der Waals surface area contributed by atoms with Crippen molar-refractivity contribution in [3.63, 3.8) is 0 Å². The third-order valence-electron chi connectivity index (χ3n) is 4.46. The molecule has 3 N–H and O–H groups in total. The molecule has 7 heteroatoms. The SMILES string of the molecule is OC(CNCc1cn[nH]c1-c1ccc2c(c1)OCCO2)c1ccc(Cl)cc1. The van der Waals surface area contributed by atoms with Gasteiger partial charge in [-0.25, -0.2) is 0 Å². The van der Waals surface area contributed by atoms with Crippen molar-refractivity contribution in [1.82, 2.24) is 15.5 Å². The number of nitrogens with one attached hydrogen (secondary N) is 2. The summed E-state index contributed by atoms with van der Waals surface area (Å²) in [5, 5.41) is 21.4. The number of H-pyrrole nitrogens is 1. The average molecular weight is 386 g/mol. The molecule has 0 spiro atoms. The number of hydrogen-bond acceptors (Lipinski definition) is 5. The predicted octanol–water partition coefficient (Wildman–Crippen LogP) is 3.32. The van der Waals surface area contributed by atoms with E-state index in [9.17, 15) is 5.11 Å². The molecule has 1 unspecified atom stereocenters. The van der Waals surface area contributed by atoms with E-state index in [0.717, 1.165) is 33.9 Å². The third-order valence-corrected chi connectivity index (χ3v) is 4.71. The molecule has 140 valence electrons. The Morgan fingerprint density at radius 1 is 1.11 bits per heavy atom. The van der Waals surface area contributed by atoms with Gasteiger partial charge < -0.3 is 19.9 Å². The quantitative estimate of drug-likeness (QED) is 0.606. The zero-order valence-electron chi connectivity index (χ0n) is 14.6. The maximum absolute atomic E-state index is 10.3. The van der Waals surface area contributed by atoms with Gasteiger partial charge in [0.1, 0.15) is 13.2 Å². The van der Waals surface area contributed by atoms with Crippen LogP contribution < -0.4 is 14.8 Å². The summed E-state index contributed by atoms with van der Waals surface area (Å²) in [5.74, 6) is 1.50. The predicted molar refractivity (Wildman–Crippen MR) is 103 cm³/mol. The average Bonchev–Trinajstić information content (AvgIpc) is 3.16. The van der Waals surface area contributed by atoms with Crippen molar-refractivity contribution in [3.05, 3.63) is 64.8 Å². The van der Waals surface area contributed by atoms with Gasteiger partial charge in [0.15, 0.2) is 11.5 Å². The standard InChI is InChI=1S/C20H20ClN3O3/c21-16-4-1-13(2-5-16)17(25)12-22-10-15-11-23-24-20(15)14-3-6-18-19(9-14)27-8-7-26-18/h1-6,9,11,17,22,25H,7-8,10,12H2,(H,23,24). The molecule has 0 saturated carbocycles. The Hall–Kier alpha value is -2.54. The van der Waals surface area contributed by atoms with Crippen LogP contribution in [0, 0.1) is 0 Å². The molecule has 2 heterocycles. The molecule has 0 bridgehead atoms. The number of aliphatic hydroxyl groups is 1. The van der Waals surface area contributed by atoms with Gasteiger partial charge >= 0.3 is 0 Å². The van der Waals surface area contributed by atoms with E-state index in [4.69, 9.17) is 21.1 Å². The highest BCUT2D eigenvalue weighted by Crippen LogP contribution is 2.34. The van der Waals surface area contributed by atoms with E-state index in [2.05, 4.69) is 15.5 Å². The Kier molecular flexibility index (Phi) is 5.29. The topological polar surface area (TPSA) is 79.4 Å². The molecule has 2 aromatic carbocycles. The fourth-order valence-corrected chi connectivity index (χ4v) is 3.17. The van der Waals surface area contributed by atoms with Gasteiger partial charge in [0, 0.05) is 29.2 Å². The number of aromatic nitrogens is 2. The van der Waals surface area contributed by atoms with E-state index < -0.39 is 6.10 Å². The summed E-state index contributed by atoms with van der Waals surface area (Å²) in [6.45, 7) is 2.12. The van der Waals surface area contributed by atoms with E-state index in [1.165, 1.54) is 0 Å². The minimum absolute atomic E-state index is 0.424. The monoisotopic (exact) mass is 385 g/mol. The Balaban J connectivity index is 1.41. The zero-order chi connectivity index (χ0) is 18.6. The maximum atomic E-state index is 10.3. The number of nitrogens with zero attached hydrogens (tertiary/aromatic N) is 1. The van der Waals surface area contributed by atoms with Crippen molar-refractivity contribution in [3.8, 4) is 22.8 Å². The van der Waals surface area contributed by atoms with Gasteiger partial charge in [-0.05, 0) is 35.9 Å². The number of rotatable bonds is 6. The Morgan fingerprint density at radius 3 is 2.70 bits per heavy atom. The van der Waals surface area contributed by atoms with Crippen LogP contribution in [0.3, 0.4) is 0 Å². The van der Waals surface area contributed by atoms with E-state index in [1.807, 2.05) is 30.3 Å². The molecule has 1 aliphatic rings. The van der Waals surface area contributed by atoms with Crippen molar-refractivity contribution in [2.24, 2.45) is 0 Å². The number of aliphatic hydroxyl groups excluding tert-OH is 1. The van der Waals surface area contributed by atoms with Crippen LogP contribution in [0.15, 0.2) is 48.7 Å². The Morgan fingerprint density at radius 2 is 1.89 bits per heavy atom. The molecule has 6 nitrogen and oxygen atoms in total. The summed E-state index contributed by atoms with van der Waals surface area (Å²) in [6, 6.07) is 13.0. The lowest BCUT2D eigenvalue weighted by molar-refractivity contribution is 0.171. The summed E-state index contributed by atoms with van der Waals surface area (Å²) in [4.78, 5) is 0. The minimum atomic E-state index is -0.605. The summed E-state index contributed by atoms with van der Waals surface area (Å²) in [6.07, 6.45) is 1.18. The zero-order valence-corrected chi connectivity index (χ0v) is 15.4. The number of halogens is 1. The first-order valence-corrected chi connectivity index (χ1v) is 9.15. The summed E-state index contributed by atoms with van der Waals surface area (Å²) in [5.41, 5.74) is 3.73. The normalized spacial score (nSPS) is 14.1. The van der Waals surface area contributed by atoms with E-state index >= 15 is 0 Å². The van der Waals surface area contributed by atoms with Crippen molar-refractivity contribution in [2.45, 2.75) is 12.6 Å². The van der Waals surface area contributed by atoms with Gasteiger partial charge in [0.05, 0.1) is 18.0 Å². The van der Waals surface area contributed by atoms with Gasteiger partial charge in [-0.2, -0.15) is 5.10 Å². The summed E-state index contributed by atoms with van der Waals surface area (Å²) >= 11 is 5.88. The maximum Gasteiger partial charge on any atom is 0.162 e. The first-order chi connectivity index (χ1) is 13.2. The summed E-state index contributed by atoms with van der Waals surface area (Å²) in [7, 11) is 0. The molecule has 0 aliphatic carbocycles. The van der Waals surface area contributed by atoms with Crippen molar-refractivity contribution in [1.29, 1.82) is 0 Å². The van der Waals surface area contributed by atoms with Crippen LogP contribution in [0.4, 0.5) is 0 Å². The van der Waals surface area contributed by atoms with Crippen molar-refractivity contribution < 1.29 is 14.6 Å². The van der Waals surface area contributed by atoms with Crippen LogP contribution in [0.1, 0.15) is 17.2 Å². The van der Waals surface area contributed by atoms with E-state index in [-0.39, 0.29) is 0 Å². The molecule has 3 aromatic rings. The van der Waals surface area contributed by atoms with E-state index in [0.29, 0.717) is 31.3 Å². The highest BCUT2D eigenvalue weighted by Gasteiger charge is 2.15. The van der Waals surface area contributed by atoms with Crippen LogP contribution in [0.2, 0.25) is 5.02 Å². The van der Waals surface area contributed by atoms with Crippen molar-refractivity contribution >= 4 is 11.6 Å². The first kappa shape index (κ1) is 17.9. The second-order valence-corrected chi connectivity index (χ2v) is 6.76. The molecule has 4 rings (SSSR count). The van der Waals surface area contributed by atoms with Gasteiger partial charge in [-0.3, -0.25) is 5.10 Å². The second-order valence-electron chi connectivity index (χ2n) is 6.33. The van der Waals surface area contributed by atoms with Gasteiger partial charge in [-0.15, -0.1) is 0 Å². The number of aromatic amines is 1. The number of hydrogen-bond donors (Lipinski definition) is 3.